The molecule has 3 heteroatoms. The number of hydrogen-bond acceptors (Lipinski definition) is 3. The van der Waals surface area contributed by atoms with E-state index in [2.05, 4.69) is 9.80 Å². The van der Waals surface area contributed by atoms with Crippen LogP contribution in [0.15, 0.2) is 0 Å². The van der Waals surface area contributed by atoms with E-state index in [9.17, 15) is 0 Å². The molecule has 2 N–H and O–H groups in total. The molecule has 0 saturated carbocycles. The lowest BCUT2D eigenvalue weighted by Gasteiger charge is -2.40. The van der Waals surface area contributed by atoms with Gasteiger partial charge in [0.25, 0.3) is 0 Å². The molecular weight excluding hydrogens is 186 g/mol. The predicted octanol–water partition coefficient (Wildman–Crippen LogP) is 0.895. The predicted molar refractivity (Wildman–Crippen MR) is 63.9 cm³/mol. The Bertz CT molecular complexity index is 174. The maximum Gasteiger partial charge on any atom is 0.0230 e. The number of piperidine rings is 1. The fourth-order valence-electron chi connectivity index (χ4n) is 2.74. The van der Waals surface area contributed by atoms with E-state index in [4.69, 9.17) is 5.73 Å². The molecule has 0 radical (unpaired) electrons. The van der Waals surface area contributed by atoms with E-state index in [1.54, 1.807) is 0 Å². The molecule has 1 unspecified atom stereocenters. The SMILES string of the molecule is NCC1CCN1CCCN1CCCCC1. The van der Waals surface area contributed by atoms with E-state index in [-0.39, 0.29) is 0 Å². The van der Waals surface area contributed by atoms with Crippen LogP contribution in [0.3, 0.4) is 0 Å². The summed E-state index contributed by atoms with van der Waals surface area (Å²) >= 11 is 0. The Morgan fingerprint density at radius 3 is 2.40 bits per heavy atom. The van der Waals surface area contributed by atoms with Crippen LogP contribution in [0.1, 0.15) is 32.1 Å². The minimum Gasteiger partial charge on any atom is -0.329 e. The molecule has 2 rings (SSSR count). The molecule has 15 heavy (non-hydrogen) atoms. The van der Waals surface area contributed by atoms with Crippen LogP contribution < -0.4 is 5.73 Å². The molecule has 2 heterocycles. The van der Waals surface area contributed by atoms with Gasteiger partial charge in [0.2, 0.25) is 0 Å². The zero-order chi connectivity index (χ0) is 10.5. The van der Waals surface area contributed by atoms with E-state index < -0.39 is 0 Å². The zero-order valence-corrected chi connectivity index (χ0v) is 9.83. The van der Waals surface area contributed by atoms with Crippen molar-refractivity contribution in [3.63, 3.8) is 0 Å². The van der Waals surface area contributed by atoms with Crippen LogP contribution in [0.5, 0.6) is 0 Å². The maximum atomic E-state index is 5.69. The Morgan fingerprint density at radius 2 is 1.80 bits per heavy atom. The minimum atomic E-state index is 0.700. The Balaban J connectivity index is 1.54. The molecule has 1 atom stereocenters. The smallest absolute Gasteiger partial charge is 0.0230 e. The van der Waals surface area contributed by atoms with Gasteiger partial charge in [0.1, 0.15) is 0 Å². The number of rotatable bonds is 5. The topological polar surface area (TPSA) is 32.5 Å². The first-order valence-electron chi connectivity index (χ1n) is 6.56. The third kappa shape index (κ3) is 3.16. The highest BCUT2D eigenvalue weighted by Gasteiger charge is 2.25. The van der Waals surface area contributed by atoms with E-state index in [0.717, 1.165) is 6.54 Å². The largest absolute Gasteiger partial charge is 0.329 e. The van der Waals surface area contributed by atoms with Crippen LogP contribution >= 0.6 is 0 Å². The van der Waals surface area contributed by atoms with Crippen LogP contribution in [0.4, 0.5) is 0 Å². The van der Waals surface area contributed by atoms with Crippen molar-refractivity contribution in [3.8, 4) is 0 Å². The lowest BCUT2D eigenvalue weighted by Crippen LogP contribution is -2.52. The normalized spacial score (nSPS) is 29.0. The van der Waals surface area contributed by atoms with Crippen LogP contribution in [-0.2, 0) is 0 Å². The van der Waals surface area contributed by atoms with Gasteiger partial charge < -0.3 is 10.6 Å². The van der Waals surface area contributed by atoms with Gasteiger partial charge in [-0.15, -0.1) is 0 Å². The molecule has 2 fully saturated rings. The molecule has 0 bridgehead atoms. The van der Waals surface area contributed by atoms with Crippen molar-refractivity contribution >= 4 is 0 Å². The third-order valence-electron chi connectivity index (χ3n) is 3.91. The van der Waals surface area contributed by atoms with Gasteiger partial charge in [-0.1, -0.05) is 6.42 Å². The van der Waals surface area contributed by atoms with Crippen molar-refractivity contribution in [2.75, 3.05) is 39.3 Å². The van der Waals surface area contributed by atoms with Gasteiger partial charge in [0.05, 0.1) is 0 Å². The van der Waals surface area contributed by atoms with Crippen LogP contribution in [0, 0.1) is 0 Å². The van der Waals surface area contributed by atoms with Gasteiger partial charge >= 0.3 is 0 Å². The Kier molecular flexibility index (Phi) is 4.42. The Morgan fingerprint density at radius 1 is 1.00 bits per heavy atom. The van der Waals surface area contributed by atoms with Gasteiger partial charge in [0, 0.05) is 19.1 Å². The highest BCUT2D eigenvalue weighted by atomic mass is 15.2. The van der Waals surface area contributed by atoms with Crippen molar-refractivity contribution in [1.82, 2.24) is 9.80 Å². The van der Waals surface area contributed by atoms with Crippen LogP contribution in [-0.4, -0.2) is 55.1 Å². The second kappa shape index (κ2) is 5.83. The Hall–Kier alpha value is -0.120. The van der Waals surface area contributed by atoms with Crippen molar-refractivity contribution < 1.29 is 0 Å². The summed E-state index contributed by atoms with van der Waals surface area (Å²) in [5, 5.41) is 0. The summed E-state index contributed by atoms with van der Waals surface area (Å²) in [4.78, 5) is 5.17. The third-order valence-corrected chi connectivity index (χ3v) is 3.91. The average Bonchev–Trinajstić information content (AvgIpc) is 2.25. The molecule has 2 saturated heterocycles. The summed E-state index contributed by atoms with van der Waals surface area (Å²) in [6.07, 6.45) is 6.92. The molecule has 2 aliphatic rings. The van der Waals surface area contributed by atoms with Crippen molar-refractivity contribution in [1.29, 1.82) is 0 Å². The van der Waals surface area contributed by atoms with Gasteiger partial charge in [-0.3, -0.25) is 4.90 Å². The summed E-state index contributed by atoms with van der Waals surface area (Å²) < 4.78 is 0. The Labute approximate surface area is 93.6 Å². The first kappa shape index (κ1) is 11.4. The van der Waals surface area contributed by atoms with Crippen molar-refractivity contribution in [2.24, 2.45) is 5.73 Å². The lowest BCUT2D eigenvalue weighted by atomic mass is 10.0. The highest BCUT2D eigenvalue weighted by molar-refractivity contribution is 4.83. The highest BCUT2D eigenvalue weighted by Crippen LogP contribution is 2.16. The molecule has 0 aromatic heterocycles. The zero-order valence-electron chi connectivity index (χ0n) is 9.83. The van der Waals surface area contributed by atoms with E-state index in [0.29, 0.717) is 6.04 Å². The maximum absolute atomic E-state index is 5.69. The van der Waals surface area contributed by atoms with Crippen molar-refractivity contribution in [3.05, 3.63) is 0 Å². The van der Waals surface area contributed by atoms with E-state index in [1.165, 1.54) is 64.8 Å². The number of nitrogens with zero attached hydrogens (tertiary/aromatic N) is 2. The molecule has 88 valence electrons. The fraction of sp³-hybridized carbons (Fsp3) is 1.00. The second-order valence-corrected chi connectivity index (χ2v) is 4.97. The van der Waals surface area contributed by atoms with E-state index >= 15 is 0 Å². The summed E-state index contributed by atoms with van der Waals surface area (Å²) in [6, 6.07) is 0.700. The van der Waals surface area contributed by atoms with E-state index in [1.807, 2.05) is 0 Å². The van der Waals surface area contributed by atoms with Crippen molar-refractivity contribution in [2.45, 2.75) is 38.1 Å². The minimum absolute atomic E-state index is 0.700. The molecule has 0 amide bonds. The first-order valence-corrected chi connectivity index (χ1v) is 6.56. The molecule has 3 nitrogen and oxygen atoms in total. The average molecular weight is 211 g/mol. The summed E-state index contributed by atoms with van der Waals surface area (Å²) in [6.45, 7) is 7.36. The lowest BCUT2D eigenvalue weighted by molar-refractivity contribution is 0.0888. The van der Waals surface area contributed by atoms with Gasteiger partial charge in [-0.05, 0) is 51.9 Å². The van der Waals surface area contributed by atoms with Gasteiger partial charge in [-0.2, -0.15) is 0 Å². The van der Waals surface area contributed by atoms with Crippen LogP contribution in [0.2, 0.25) is 0 Å². The van der Waals surface area contributed by atoms with Crippen LogP contribution in [0.25, 0.3) is 0 Å². The van der Waals surface area contributed by atoms with Gasteiger partial charge in [-0.25, -0.2) is 0 Å². The number of hydrogen-bond donors (Lipinski definition) is 1. The molecule has 0 aromatic carbocycles. The number of likely N-dealkylation sites (tertiary alicyclic amines) is 2. The molecule has 0 aliphatic carbocycles. The summed E-state index contributed by atoms with van der Waals surface area (Å²) in [5.41, 5.74) is 5.69. The molecular formula is C12H25N3. The summed E-state index contributed by atoms with van der Waals surface area (Å²) in [5.74, 6) is 0. The second-order valence-electron chi connectivity index (χ2n) is 4.97. The quantitative estimate of drug-likeness (QED) is 0.733. The van der Waals surface area contributed by atoms with Gasteiger partial charge in [0.15, 0.2) is 0 Å². The number of nitrogens with two attached hydrogens (primary N) is 1. The molecule has 0 spiro atoms. The fourth-order valence-corrected chi connectivity index (χ4v) is 2.74. The monoisotopic (exact) mass is 211 g/mol. The first-order chi connectivity index (χ1) is 7.40. The molecule has 0 aromatic rings. The standard InChI is InChI=1S/C12H25N3/c13-11-12-5-10-15(12)9-4-8-14-6-2-1-3-7-14/h12H,1-11,13H2. The molecule has 2 aliphatic heterocycles. The summed E-state index contributed by atoms with van der Waals surface area (Å²) in [7, 11) is 0.